The third-order valence-electron chi connectivity index (χ3n) is 6.01. The topological polar surface area (TPSA) is 72.2 Å². The molecule has 34 heavy (non-hydrogen) atoms. The van der Waals surface area contributed by atoms with E-state index < -0.39 is 35.1 Å². The van der Waals surface area contributed by atoms with Crippen molar-refractivity contribution < 1.29 is 27.4 Å². The van der Waals surface area contributed by atoms with E-state index in [0.29, 0.717) is 11.3 Å². The number of para-hydroxylation sites is 1. The van der Waals surface area contributed by atoms with Crippen LogP contribution in [0.4, 0.5) is 13.2 Å². The Hall–Kier alpha value is -3.86. The maximum Gasteiger partial charge on any atom is 0.416 e. The molecule has 4 rings (SSSR count). The average Bonchev–Trinajstić information content (AvgIpc) is 3.39. The highest BCUT2D eigenvalue weighted by Crippen LogP contribution is 2.65. The molecular formula is C26H21F3N2O3. The highest BCUT2D eigenvalue weighted by atomic mass is 19.4. The minimum atomic E-state index is -4.43. The number of hydrogen-bond donors (Lipinski definition) is 0. The van der Waals surface area contributed by atoms with Gasteiger partial charge in [0.2, 0.25) is 12.0 Å². The van der Waals surface area contributed by atoms with Gasteiger partial charge >= 0.3 is 12.1 Å². The van der Waals surface area contributed by atoms with Gasteiger partial charge in [0.15, 0.2) is 0 Å². The maximum atomic E-state index is 12.9. The molecule has 0 radical (unpaired) electrons. The monoisotopic (exact) mass is 466 g/mol. The largest absolute Gasteiger partial charge is 0.440 e. The number of nitriles is 1. The Bertz CT molecular complexity index is 1220. The number of carbonyl (C=O) groups is 1. The molecule has 1 fully saturated rings. The predicted molar refractivity (Wildman–Crippen MR) is 117 cm³/mol. The second kappa shape index (κ2) is 8.82. The van der Waals surface area contributed by atoms with E-state index in [1.165, 1.54) is 12.1 Å². The van der Waals surface area contributed by atoms with E-state index in [2.05, 4.69) is 4.98 Å². The van der Waals surface area contributed by atoms with Crippen molar-refractivity contribution in [3.8, 4) is 17.7 Å². The first kappa shape index (κ1) is 23.3. The molecule has 0 amide bonds. The van der Waals surface area contributed by atoms with Crippen molar-refractivity contribution in [2.75, 3.05) is 0 Å². The fourth-order valence-electron chi connectivity index (χ4n) is 4.16. The van der Waals surface area contributed by atoms with Crippen molar-refractivity contribution >= 4 is 5.97 Å². The number of nitrogens with zero attached hydrogens (tertiary/aromatic N) is 2. The van der Waals surface area contributed by atoms with Crippen LogP contribution in [0.3, 0.4) is 0 Å². The van der Waals surface area contributed by atoms with Crippen molar-refractivity contribution in [1.29, 1.82) is 5.26 Å². The number of aromatic nitrogens is 1. The summed E-state index contributed by atoms with van der Waals surface area (Å²) in [7, 11) is 0. The molecule has 3 aromatic rings. The van der Waals surface area contributed by atoms with E-state index in [1.807, 2.05) is 38.1 Å². The van der Waals surface area contributed by atoms with Gasteiger partial charge in [-0.2, -0.15) is 18.4 Å². The van der Waals surface area contributed by atoms with Gasteiger partial charge < -0.3 is 9.47 Å². The molecule has 1 aliphatic carbocycles. The quantitative estimate of drug-likeness (QED) is 0.391. The molecule has 174 valence electrons. The second-order valence-electron chi connectivity index (χ2n) is 8.66. The molecule has 0 aliphatic heterocycles. The Morgan fingerprint density at radius 3 is 2.32 bits per heavy atom. The smallest absolute Gasteiger partial charge is 0.416 e. The van der Waals surface area contributed by atoms with Gasteiger partial charge in [0.05, 0.1) is 17.2 Å². The zero-order valence-electron chi connectivity index (χ0n) is 18.4. The van der Waals surface area contributed by atoms with Gasteiger partial charge in [-0.3, -0.25) is 4.79 Å². The van der Waals surface area contributed by atoms with Crippen LogP contribution in [0.15, 0.2) is 72.8 Å². The third-order valence-corrected chi connectivity index (χ3v) is 6.01. The van der Waals surface area contributed by atoms with Gasteiger partial charge in [0.1, 0.15) is 11.8 Å². The summed E-state index contributed by atoms with van der Waals surface area (Å²) >= 11 is 0. The molecule has 0 bridgehead atoms. The highest BCUT2D eigenvalue weighted by molar-refractivity contribution is 5.80. The van der Waals surface area contributed by atoms with Crippen LogP contribution in [0.25, 0.3) is 0 Å². The molecule has 1 aromatic heterocycles. The molecule has 3 atom stereocenters. The van der Waals surface area contributed by atoms with Crippen molar-refractivity contribution in [1.82, 2.24) is 4.98 Å². The van der Waals surface area contributed by atoms with Crippen molar-refractivity contribution in [3.63, 3.8) is 0 Å². The molecule has 1 heterocycles. The summed E-state index contributed by atoms with van der Waals surface area (Å²) < 4.78 is 49.8. The fourth-order valence-corrected chi connectivity index (χ4v) is 4.16. The standard InChI is InChI=1S/C26H21F3N2O3/c1-25(2)22(16-11-13-17(14-12-16)26(27,28)29)23(25)24(32)34-20(15-30)19-9-6-10-21(31-19)33-18-7-4-3-5-8-18/h3-14,20,22-23H,1-2H3/t20?,22-,23+/m1/s1. The molecule has 0 saturated heterocycles. The zero-order valence-corrected chi connectivity index (χ0v) is 18.4. The lowest BCUT2D eigenvalue weighted by Crippen LogP contribution is -2.15. The Morgan fingerprint density at radius 1 is 1.03 bits per heavy atom. The van der Waals surface area contributed by atoms with Crippen molar-refractivity contribution in [3.05, 3.63) is 89.6 Å². The summed E-state index contributed by atoms with van der Waals surface area (Å²) in [5.41, 5.74) is -0.441. The molecule has 8 heteroatoms. The third kappa shape index (κ3) is 4.74. The van der Waals surface area contributed by atoms with Gasteiger partial charge in [-0.25, -0.2) is 4.98 Å². The van der Waals surface area contributed by atoms with Crippen LogP contribution in [-0.2, 0) is 15.7 Å². The van der Waals surface area contributed by atoms with Crippen LogP contribution in [-0.4, -0.2) is 11.0 Å². The number of alkyl halides is 3. The lowest BCUT2D eigenvalue weighted by molar-refractivity contribution is -0.149. The lowest BCUT2D eigenvalue weighted by Gasteiger charge is -2.12. The minimum Gasteiger partial charge on any atom is -0.440 e. The highest BCUT2D eigenvalue weighted by Gasteiger charge is 2.63. The van der Waals surface area contributed by atoms with Crippen molar-refractivity contribution in [2.45, 2.75) is 32.0 Å². The van der Waals surface area contributed by atoms with E-state index in [0.717, 1.165) is 12.1 Å². The van der Waals surface area contributed by atoms with Gasteiger partial charge in [-0.1, -0.05) is 50.2 Å². The van der Waals surface area contributed by atoms with E-state index in [-0.39, 0.29) is 17.5 Å². The van der Waals surface area contributed by atoms with Crippen molar-refractivity contribution in [2.24, 2.45) is 11.3 Å². The van der Waals surface area contributed by atoms with Crippen LogP contribution < -0.4 is 4.74 Å². The van der Waals surface area contributed by atoms with E-state index in [1.54, 1.807) is 30.3 Å². The summed E-state index contributed by atoms with van der Waals surface area (Å²) in [6, 6.07) is 20.5. The molecule has 0 N–H and O–H groups in total. The number of pyridine rings is 1. The van der Waals surface area contributed by atoms with Crippen LogP contribution in [0.1, 0.15) is 42.7 Å². The predicted octanol–water partition coefficient (Wildman–Crippen LogP) is 6.44. The second-order valence-corrected chi connectivity index (χ2v) is 8.66. The van der Waals surface area contributed by atoms with E-state index >= 15 is 0 Å². The first-order valence-electron chi connectivity index (χ1n) is 10.6. The molecule has 1 aliphatic rings. The summed E-state index contributed by atoms with van der Waals surface area (Å²) in [5, 5.41) is 9.62. The number of rotatable bonds is 6. The molecule has 1 saturated carbocycles. The number of hydrogen-bond acceptors (Lipinski definition) is 5. The Labute approximate surface area is 194 Å². The zero-order chi connectivity index (χ0) is 24.5. The number of esters is 1. The summed E-state index contributed by atoms with van der Waals surface area (Å²) in [6.45, 7) is 3.68. The van der Waals surface area contributed by atoms with Gasteiger partial charge in [0.25, 0.3) is 0 Å². The summed E-state index contributed by atoms with van der Waals surface area (Å²) in [6.07, 6.45) is -5.68. The SMILES string of the molecule is CC1(C)[C@H](C(=O)OC(C#N)c2cccc(Oc3ccccc3)n2)[C@H]1c1ccc(C(F)(F)F)cc1. The Morgan fingerprint density at radius 2 is 1.71 bits per heavy atom. The molecule has 5 nitrogen and oxygen atoms in total. The maximum absolute atomic E-state index is 12.9. The van der Waals surface area contributed by atoms with Gasteiger partial charge in [-0.15, -0.1) is 0 Å². The normalized spacial score (nSPS) is 19.5. The number of ether oxygens (including phenoxy) is 2. The molecular weight excluding hydrogens is 445 g/mol. The molecule has 2 aromatic carbocycles. The van der Waals surface area contributed by atoms with Gasteiger partial charge in [0, 0.05) is 12.0 Å². The Balaban J connectivity index is 1.47. The average molecular weight is 466 g/mol. The molecule has 1 unspecified atom stereocenters. The van der Waals surface area contributed by atoms with Crippen LogP contribution in [0.5, 0.6) is 11.6 Å². The molecule has 0 spiro atoms. The summed E-state index contributed by atoms with van der Waals surface area (Å²) in [5.74, 6) is -0.699. The summed E-state index contributed by atoms with van der Waals surface area (Å²) in [4.78, 5) is 17.2. The number of halogens is 3. The van der Waals surface area contributed by atoms with Crippen LogP contribution >= 0.6 is 0 Å². The first-order chi connectivity index (χ1) is 16.1. The minimum absolute atomic E-state index is 0.216. The van der Waals surface area contributed by atoms with Crippen LogP contribution in [0.2, 0.25) is 0 Å². The lowest BCUT2D eigenvalue weighted by atomic mass is 10.0. The number of carbonyl (C=O) groups excluding carboxylic acids is 1. The van der Waals surface area contributed by atoms with E-state index in [9.17, 15) is 23.2 Å². The first-order valence-corrected chi connectivity index (χ1v) is 10.6. The van der Waals surface area contributed by atoms with Crippen LogP contribution in [0, 0.1) is 22.7 Å². The van der Waals surface area contributed by atoms with Gasteiger partial charge in [-0.05, 0) is 41.3 Å². The van der Waals surface area contributed by atoms with E-state index in [4.69, 9.17) is 9.47 Å². The number of benzene rings is 2. The Kier molecular flexibility index (Phi) is 6.05. The fraction of sp³-hybridized carbons (Fsp3) is 0.269.